The lowest BCUT2D eigenvalue weighted by Crippen LogP contribution is -2.47. The Labute approximate surface area is 285 Å². The molecule has 49 heavy (non-hydrogen) atoms. The van der Waals surface area contributed by atoms with Gasteiger partial charge in [0.15, 0.2) is 12.6 Å². The molecule has 0 saturated carbocycles. The molecule has 12 heteroatoms. The molecule has 0 amide bonds. The Morgan fingerprint density at radius 1 is 1.12 bits per heavy atom. The van der Waals surface area contributed by atoms with Gasteiger partial charge in [0.2, 0.25) is 0 Å². The van der Waals surface area contributed by atoms with Gasteiger partial charge < -0.3 is 29.3 Å². The number of fused-ring (bicyclic) bond motifs is 3. The maximum absolute atomic E-state index is 17.1. The number of benzene rings is 2. The average molecular weight is 678 g/mol. The van der Waals surface area contributed by atoms with E-state index in [0.717, 1.165) is 32.2 Å². The molecule has 3 saturated heterocycles. The van der Waals surface area contributed by atoms with Crippen LogP contribution in [-0.2, 0) is 11.2 Å². The minimum absolute atomic E-state index is 0.00197. The molecular formula is C37H45F2N5O5. The molecule has 2 aromatic carbocycles. The lowest BCUT2D eigenvalue weighted by atomic mass is 9.91. The van der Waals surface area contributed by atoms with Gasteiger partial charge in [-0.05, 0) is 85.9 Å². The van der Waals surface area contributed by atoms with Gasteiger partial charge in [-0.2, -0.15) is 9.97 Å². The second kappa shape index (κ2) is 13.2. The molecule has 7 rings (SSSR count). The number of hydrogen-bond donors (Lipinski definition) is 2. The van der Waals surface area contributed by atoms with Gasteiger partial charge in [-0.3, -0.25) is 9.88 Å². The third kappa shape index (κ3) is 6.17. The quantitative estimate of drug-likeness (QED) is 0.205. The van der Waals surface area contributed by atoms with Gasteiger partial charge in [-0.1, -0.05) is 19.9 Å². The monoisotopic (exact) mass is 677 g/mol. The number of pyridine rings is 1. The summed E-state index contributed by atoms with van der Waals surface area (Å²) in [5.41, 5.74) is -0.370. The molecule has 262 valence electrons. The van der Waals surface area contributed by atoms with Gasteiger partial charge in [0.25, 0.3) is 0 Å². The summed E-state index contributed by atoms with van der Waals surface area (Å²) in [6.45, 7) is 8.03. The van der Waals surface area contributed by atoms with Crippen molar-refractivity contribution >= 4 is 27.5 Å². The van der Waals surface area contributed by atoms with Gasteiger partial charge in [0.1, 0.15) is 35.2 Å². The summed E-state index contributed by atoms with van der Waals surface area (Å²) in [6.07, 6.45) is 5.99. The van der Waals surface area contributed by atoms with Crippen molar-refractivity contribution in [3.05, 3.63) is 47.7 Å². The van der Waals surface area contributed by atoms with Gasteiger partial charge in [-0.25, -0.2) is 8.78 Å². The average Bonchev–Trinajstić information content (AvgIpc) is 3.59. The molecule has 4 atom stereocenters. The van der Waals surface area contributed by atoms with Crippen molar-refractivity contribution in [2.75, 3.05) is 51.7 Å². The highest BCUT2D eigenvalue weighted by atomic mass is 19.1. The Balaban J connectivity index is 1.37. The Kier molecular flexibility index (Phi) is 9.10. The van der Waals surface area contributed by atoms with Crippen molar-refractivity contribution in [3.63, 3.8) is 0 Å². The fourth-order valence-electron chi connectivity index (χ4n) is 8.48. The lowest BCUT2D eigenvalue weighted by molar-refractivity contribution is 0.0446. The molecule has 2 N–H and O–H groups in total. The Morgan fingerprint density at radius 2 is 1.96 bits per heavy atom. The fourth-order valence-corrected chi connectivity index (χ4v) is 8.48. The summed E-state index contributed by atoms with van der Waals surface area (Å²) in [5, 5.41) is 22.7. The summed E-state index contributed by atoms with van der Waals surface area (Å²) in [6, 6.07) is 6.61. The van der Waals surface area contributed by atoms with E-state index in [9.17, 15) is 10.2 Å². The molecule has 2 aromatic heterocycles. The van der Waals surface area contributed by atoms with Gasteiger partial charge in [0.05, 0.1) is 23.1 Å². The van der Waals surface area contributed by atoms with Gasteiger partial charge >= 0.3 is 6.01 Å². The number of methoxy groups -OCH3 is 1. The zero-order valence-electron chi connectivity index (χ0n) is 28.6. The third-order valence-corrected chi connectivity index (χ3v) is 10.6. The van der Waals surface area contributed by atoms with Crippen LogP contribution in [0.2, 0.25) is 0 Å². The summed E-state index contributed by atoms with van der Waals surface area (Å²) < 4.78 is 49.6. The van der Waals surface area contributed by atoms with Crippen LogP contribution in [0.5, 0.6) is 11.8 Å². The number of anilines is 1. The fraction of sp³-hybridized carbons (Fsp3) is 0.541. The second-order valence-electron chi connectivity index (χ2n) is 14.4. The molecule has 0 bridgehead atoms. The van der Waals surface area contributed by atoms with Crippen molar-refractivity contribution in [1.82, 2.24) is 19.9 Å². The highest BCUT2D eigenvalue weighted by Gasteiger charge is 2.52. The first-order valence-corrected chi connectivity index (χ1v) is 17.3. The molecule has 0 spiro atoms. The van der Waals surface area contributed by atoms with Crippen molar-refractivity contribution < 1.29 is 33.2 Å². The van der Waals surface area contributed by atoms with E-state index in [1.165, 1.54) is 13.2 Å². The SMILES string of the molecule is CCc1c(F)ccc2cc(OCOC)cc(-c3ncc4c(N5CCC[C@@](C)(O)C5)nc(OC[C@@]56CC[C@@H](CO)N5CC(C)C6)nc4c3F)c12. The molecular weight excluding hydrogens is 632 g/mol. The highest BCUT2D eigenvalue weighted by molar-refractivity contribution is 6.01. The molecule has 3 aliphatic rings. The lowest BCUT2D eigenvalue weighted by Gasteiger charge is -2.38. The van der Waals surface area contributed by atoms with Crippen LogP contribution in [0.4, 0.5) is 14.6 Å². The van der Waals surface area contributed by atoms with Crippen LogP contribution >= 0.6 is 0 Å². The first-order valence-electron chi connectivity index (χ1n) is 17.3. The normalized spacial score (nSPS) is 25.8. The molecule has 3 fully saturated rings. The van der Waals surface area contributed by atoms with E-state index in [1.54, 1.807) is 31.3 Å². The number of aromatic nitrogens is 3. The molecule has 4 aromatic rings. The van der Waals surface area contributed by atoms with Crippen molar-refractivity contribution in [1.29, 1.82) is 0 Å². The molecule has 5 heterocycles. The zero-order valence-corrected chi connectivity index (χ0v) is 28.6. The maximum Gasteiger partial charge on any atom is 0.319 e. The number of aliphatic hydroxyl groups is 2. The third-order valence-electron chi connectivity index (χ3n) is 10.6. The first kappa shape index (κ1) is 33.8. The number of rotatable bonds is 10. The molecule has 0 radical (unpaired) electrons. The number of nitrogens with zero attached hydrogens (tertiary/aromatic N) is 5. The Morgan fingerprint density at radius 3 is 2.71 bits per heavy atom. The molecule has 3 aliphatic heterocycles. The largest absolute Gasteiger partial charge is 0.468 e. The van der Waals surface area contributed by atoms with Gasteiger partial charge in [-0.15, -0.1) is 0 Å². The Bertz CT molecular complexity index is 1880. The maximum atomic E-state index is 17.1. The van der Waals surface area contributed by atoms with Crippen LogP contribution < -0.4 is 14.4 Å². The topological polar surface area (TPSA) is 113 Å². The summed E-state index contributed by atoms with van der Waals surface area (Å²) in [7, 11) is 1.51. The van der Waals surface area contributed by atoms with Crippen LogP contribution in [0.25, 0.3) is 32.9 Å². The zero-order chi connectivity index (χ0) is 34.5. The summed E-state index contributed by atoms with van der Waals surface area (Å²) >= 11 is 0. The molecule has 1 unspecified atom stereocenters. The minimum atomic E-state index is -0.951. The van der Waals surface area contributed by atoms with Crippen molar-refractivity contribution in [2.24, 2.45) is 5.92 Å². The predicted octanol–water partition coefficient (Wildman–Crippen LogP) is 5.63. The van der Waals surface area contributed by atoms with Crippen molar-refractivity contribution in [2.45, 2.75) is 76.5 Å². The highest BCUT2D eigenvalue weighted by Crippen LogP contribution is 2.45. The van der Waals surface area contributed by atoms with Crippen LogP contribution in [0.1, 0.15) is 58.4 Å². The number of halogens is 2. The van der Waals surface area contributed by atoms with Crippen LogP contribution in [0, 0.1) is 17.6 Å². The van der Waals surface area contributed by atoms with Crippen molar-refractivity contribution in [3.8, 4) is 23.0 Å². The molecule has 0 aliphatic carbocycles. The number of ether oxygens (including phenoxy) is 3. The first-order chi connectivity index (χ1) is 23.6. The number of aryl methyl sites for hydroxylation is 1. The van der Waals surface area contributed by atoms with E-state index in [2.05, 4.69) is 21.8 Å². The smallest absolute Gasteiger partial charge is 0.319 e. The van der Waals surface area contributed by atoms with E-state index in [4.69, 9.17) is 19.2 Å². The predicted molar refractivity (Wildman–Crippen MR) is 183 cm³/mol. The van der Waals surface area contributed by atoms with E-state index in [1.807, 2.05) is 11.8 Å². The second-order valence-corrected chi connectivity index (χ2v) is 14.4. The number of β-amino-alcohol motifs (C(OH)–C–C–N with tert-alkyl or cyclic N) is 1. The van der Waals surface area contributed by atoms with E-state index >= 15 is 8.78 Å². The number of hydrogen-bond acceptors (Lipinski definition) is 10. The van der Waals surface area contributed by atoms with E-state index in [0.29, 0.717) is 77.3 Å². The minimum Gasteiger partial charge on any atom is -0.468 e. The van der Waals surface area contributed by atoms with Crippen LogP contribution in [0.3, 0.4) is 0 Å². The number of piperidine rings is 1. The van der Waals surface area contributed by atoms with Gasteiger partial charge in [0, 0.05) is 44.5 Å². The molecule has 10 nitrogen and oxygen atoms in total. The summed E-state index contributed by atoms with van der Waals surface area (Å²) in [5.74, 6) is 0.236. The van der Waals surface area contributed by atoms with Crippen LogP contribution in [0.15, 0.2) is 30.5 Å². The van der Waals surface area contributed by atoms with E-state index < -0.39 is 11.4 Å². The number of aliphatic hydroxyl groups excluding tert-OH is 1. The standard InChI is InChI=1S/C37H45F2N5O5/c1-5-26-29(38)8-7-23-13-25(49-21-47-4)14-27(30(23)26)32-31(39)33-28(16-40-32)34(43-12-6-10-36(3,46)19-43)42-35(41-33)48-20-37-11-9-24(18-45)44(37)17-22(2)15-37/h7-8,13-14,16,22,24,45-46H,5-6,9-12,15,17-21H2,1-4H3/t22?,24-,36+,37-/m0/s1. The van der Waals surface area contributed by atoms with Crippen LogP contribution in [-0.4, -0.2) is 94.0 Å². The summed E-state index contributed by atoms with van der Waals surface area (Å²) in [4.78, 5) is 18.4. The Hall–Kier alpha value is -3.71. The van der Waals surface area contributed by atoms with E-state index in [-0.39, 0.29) is 48.0 Å².